The van der Waals surface area contributed by atoms with Crippen LogP contribution >= 0.6 is 0 Å². The van der Waals surface area contributed by atoms with Crippen LogP contribution in [0.2, 0.25) is 0 Å². The van der Waals surface area contributed by atoms with Crippen LogP contribution in [0.25, 0.3) is 0 Å². The van der Waals surface area contributed by atoms with Crippen LogP contribution in [-0.2, 0) is 0 Å². The van der Waals surface area contributed by atoms with Gasteiger partial charge in [0.15, 0.2) is 0 Å². The second-order valence-corrected chi connectivity index (χ2v) is 5.43. The molecule has 21 heavy (non-hydrogen) atoms. The average molecular weight is 297 g/mol. The second-order valence-electron chi connectivity index (χ2n) is 5.43. The number of nitrogens with one attached hydrogen (secondary N) is 1. The molecule has 1 N–H and O–H groups in total. The number of carbonyl (C=O) groups is 1. The number of hydrogen-bond donors (Lipinski definition) is 1. The van der Waals surface area contributed by atoms with E-state index in [1.807, 2.05) is 14.0 Å². The summed E-state index contributed by atoms with van der Waals surface area (Å²) in [6.45, 7) is 6.08. The molecule has 1 aliphatic heterocycles. The third kappa shape index (κ3) is 3.32. The van der Waals surface area contributed by atoms with Crippen molar-refractivity contribution in [2.24, 2.45) is 0 Å². The number of hydrogen-bond acceptors (Lipinski definition) is 3. The first-order chi connectivity index (χ1) is 9.93. The summed E-state index contributed by atoms with van der Waals surface area (Å²) >= 11 is 0. The molecule has 1 saturated heterocycles. The van der Waals surface area contributed by atoms with Gasteiger partial charge in [-0.15, -0.1) is 0 Å². The smallest absolute Gasteiger partial charge is 0.254 e. The Labute approximate surface area is 123 Å². The Morgan fingerprint density at radius 3 is 2.48 bits per heavy atom. The molecule has 1 heterocycles. The largest absolute Gasteiger partial charge is 0.381 e. The Morgan fingerprint density at radius 2 is 1.95 bits per heavy atom. The van der Waals surface area contributed by atoms with E-state index in [1.54, 1.807) is 11.8 Å². The SMILES string of the molecule is CCNc1c(F)cc(C(=O)N2CCN(C)C(C)C2)cc1F. The Bertz CT molecular complexity index is 513. The molecule has 0 bridgehead atoms. The zero-order chi connectivity index (χ0) is 15.6. The zero-order valence-corrected chi connectivity index (χ0v) is 12.6. The van der Waals surface area contributed by atoms with Crippen molar-refractivity contribution in [2.45, 2.75) is 19.9 Å². The molecule has 1 unspecified atom stereocenters. The zero-order valence-electron chi connectivity index (χ0n) is 12.6. The number of rotatable bonds is 3. The van der Waals surface area contributed by atoms with Gasteiger partial charge in [-0.1, -0.05) is 0 Å². The van der Waals surface area contributed by atoms with E-state index in [0.717, 1.165) is 18.7 Å². The van der Waals surface area contributed by atoms with E-state index in [9.17, 15) is 13.6 Å². The number of carbonyl (C=O) groups excluding carboxylic acids is 1. The van der Waals surface area contributed by atoms with E-state index in [0.29, 0.717) is 19.6 Å². The normalized spacial score (nSPS) is 19.7. The number of halogens is 2. The van der Waals surface area contributed by atoms with E-state index < -0.39 is 11.6 Å². The molecular formula is C15H21F2N3O. The van der Waals surface area contributed by atoms with Crippen LogP contribution in [-0.4, -0.2) is 55.0 Å². The van der Waals surface area contributed by atoms with Crippen molar-refractivity contribution in [3.8, 4) is 0 Å². The molecule has 1 aromatic carbocycles. The van der Waals surface area contributed by atoms with Crippen molar-refractivity contribution in [1.29, 1.82) is 0 Å². The van der Waals surface area contributed by atoms with Gasteiger partial charge in [0.1, 0.15) is 17.3 Å². The quantitative estimate of drug-likeness (QED) is 0.929. The van der Waals surface area contributed by atoms with Crippen molar-refractivity contribution in [2.75, 3.05) is 38.5 Å². The Balaban J connectivity index is 2.20. The topological polar surface area (TPSA) is 35.6 Å². The fraction of sp³-hybridized carbons (Fsp3) is 0.533. The van der Waals surface area contributed by atoms with Crippen molar-refractivity contribution >= 4 is 11.6 Å². The summed E-state index contributed by atoms with van der Waals surface area (Å²) in [5, 5.41) is 2.62. The molecule has 0 aliphatic carbocycles. The Morgan fingerprint density at radius 1 is 1.33 bits per heavy atom. The van der Waals surface area contributed by atoms with Crippen molar-refractivity contribution < 1.29 is 13.6 Å². The molecule has 2 rings (SSSR count). The van der Waals surface area contributed by atoms with Gasteiger partial charge in [-0.05, 0) is 33.0 Å². The number of anilines is 1. The maximum absolute atomic E-state index is 13.9. The number of likely N-dealkylation sites (N-methyl/N-ethyl adjacent to an activating group) is 1. The summed E-state index contributed by atoms with van der Waals surface area (Å²) in [5.74, 6) is -1.79. The molecule has 0 radical (unpaired) electrons. The second kappa shape index (κ2) is 6.39. The third-order valence-electron chi connectivity index (χ3n) is 3.89. The van der Waals surface area contributed by atoms with Crippen LogP contribution in [0.5, 0.6) is 0 Å². The summed E-state index contributed by atoms with van der Waals surface area (Å²) in [7, 11) is 2.00. The summed E-state index contributed by atoms with van der Waals surface area (Å²) < 4.78 is 27.8. The van der Waals surface area contributed by atoms with Gasteiger partial charge in [0.2, 0.25) is 0 Å². The summed E-state index contributed by atoms with van der Waals surface area (Å²) in [6.07, 6.45) is 0. The lowest BCUT2D eigenvalue weighted by molar-refractivity contribution is 0.0571. The molecule has 1 fully saturated rings. The van der Waals surface area contributed by atoms with Crippen LogP contribution in [0.15, 0.2) is 12.1 Å². The first-order valence-corrected chi connectivity index (χ1v) is 7.16. The van der Waals surface area contributed by atoms with Crippen LogP contribution in [0, 0.1) is 11.6 Å². The maximum Gasteiger partial charge on any atom is 0.254 e. The van der Waals surface area contributed by atoms with E-state index in [2.05, 4.69) is 10.2 Å². The van der Waals surface area contributed by atoms with Crippen molar-refractivity contribution in [1.82, 2.24) is 9.80 Å². The molecule has 0 spiro atoms. The predicted molar refractivity (Wildman–Crippen MR) is 78.5 cm³/mol. The summed E-state index contributed by atoms with van der Waals surface area (Å²) in [5.41, 5.74) is -0.121. The molecule has 1 aromatic rings. The van der Waals surface area contributed by atoms with Gasteiger partial charge in [0.25, 0.3) is 5.91 Å². The van der Waals surface area contributed by atoms with Crippen LogP contribution < -0.4 is 5.32 Å². The lowest BCUT2D eigenvalue weighted by Gasteiger charge is -2.37. The van der Waals surface area contributed by atoms with Gasteiger partial charge >= 0.3 is 0 Å². The molecular weight excluding hydrogens is 276 g/mol. The Kier molecular flexibility index (Phi) is 4.77. The molecule has 1 amide bonds. The van der Waals surface area contributed by atoms with Gasteiger partial charge in [-0.25, -0.2) is 8.78 Å². The highest BCUT2D eigenvalue weighted by molar-refractivity contribution is 5.94. The highest BCUT2D eigenvalue weighted by Crippen LogP contribution is 2.22. The number of benzene rings is 1. The van der Waals surface area contributed by atoms with Gasteiger partial charge in [-0.3, -0.25) is 4.79 Å². The average Bonchev–Trinajstić information content (AvgIpc) is 2.45. The van der Waals surface area contributed by atoms with Crippen molar-refractivity contribution in [3.63, 3.8) is 0 Å². The van der Waals surface area contributed by atoms with E-state index in [-0.39, 0.29) is 23.2 Å². The van der Waals surface area contributed by atoms with Crippen LogP contribution in [0.1, 0.15) is 24.2 Å². The molecule has 0 aromatic heterocycles. The molecule has 1 atom stereocenters. The fourth-order valence-corrected chi connectivity index (χ4v) is 2.46. The van der Waals surface area contributed by atoms with Gasteiger partial charge in [0, 0.05) is 37.8 Å². The van der Waals surface area contributed by atoms with Gasteiger partial charge in [-0.2, -0.15) is 0 Å². The number of nitrogens with zero attached hydrogens (tertiary/aromatic N) is 2. The van der Waals surface area contributed by atoms with E-state index in [1.165, 1.54) is 0 Å². The monoisotopic (exact) mass is 297 g/mol. The molecule has 0 saturated carbocycles. The highest BCUT2D eigenvalue weighted by atomic mass is 19.1. The van der Waals surface area contributed by atoms with E-state index in [4.69, 9.17) is 0 Å². The Hall–Kier alpha value is -1.69. The lowest BCUT2D eigenvalue weighted by Crippen LogP contribution is -2.52. The van der Waals surface area contributed by atoms with Crippen LogP contribution in [0.3, 0.4) is 0 Å². The minimum absolute atomic E-state index is 0.0587. The number of piperazine rings is 1. The van der Waals surface area contributed by atoms with E-state index >= 15 is 0 Å². The molecule has 1 aliphatic rings. The first-order valence-electron chi connectivity index (χ1n) is 7.16. The van der Waals surface area contributed by atoms with Gasteiger partial charge in [0.05, 0.1) is 0 Å². The third-order valence-corrected chi connectivity index (χ3v) is 3.89. The minimum Gasteiger partial charge on any atom is -0.381 e. The molecule has 4 nitrogen and oxygen atoms in total. The van der Waals surface area contributed by atoms with Crippen molar-refractivity contribution in [3.05, 3.63) is 29.3 Å². The summed E-state index contributed by atoms with van der Waals surface area (Å²) in [4.78, 5) is 16.2. The van der Waals surface area contributed by atoms with Crippen LogP contribution in [0.4, 0.5) is 14.5 Å². The highest BCUT2D eigenvalue weighted by Gasteiger charge is 2.26. The predicted octanol–water partition coefficient (Wildman–Crippen LogP) is 2.17. The standard InChI is InChI=1S/C15H21F2N3O/c1-4-18-14-12(16)7-11(8-13(14)17)15(21)20-6-5-19(3)10(2)9-20/h7-8,10,18H,4-6,9H2,1-3H3. The minimum atomic E-state index is -0.734. The van der Waals surface area contributed by atoms with Gasteiger partial charge < -0.3 is 15.1 Å². The maximum atomic E-state index is 13.9. The first kappa shape index (κ1) is 15.7. The molecule has 116 valence electrons. The fourth-order valence-electron chi connectivity index (χ4n) is 2.46. The summed E-state index contributed by atoms with van der Waals surface area (Å²) in [6, 6.07) is 2.44. The molecule has 6 heteroatoms. The number of amides is 1. The lowest BCUT2D eigenvalue weighted by atomic mass is 10.1.